The second kappa shape index (κ2) is 8.62. The van der Waals surface area contributed by atoms with Crippen molar-refractivity contribution in [3.8, 4) is 11.5 Å². The minimum absolute atomic E-state index is 0.106. The molecule has 1 fully saturated rings. The number of methoxy groups -OCH3 is 2. The normalized spacial score (nSPS) is 17.0. The highest BCUT2D eigenvalue weighted by Crippen LogP contribution is 2.46. The fraction of sp³-hybridized carbons (Fsp3) is 0.269. The first-order chi connectivity index (χ1) is 14.7. The lowest BCUT2D eigenvalue weighted by Gasteiger charge is -2.50. The van der Waals surface area contributed by atoms with Crippen LogP contribution in [0.5, 0.6) is 11.5 Å². The molecule has 0 aromatic heterocycles. The zero-order chi connectivity index (χ0) is 21.0. The smallest absolute Gasteiger partial charge is 0.227 e. The maximum absolute atomic E-state index is 12.7. The Hall–Kier alpha value is -3.27. The molecule has 0 spiro atoms. The molecule has 1 atom stereocenters. The van der Waals surface area contributed by atoms with E-state index < -0.39 is 5.54 Å². The van der Waals surface area contributed by atoms with E-state index in [1.807, 2.05) is 54.6 Å². The van der Waals surface area contributed by atoms with Gasteiger partial charge < -0.3 is 14.8 Å². The van der Waals surface area contributed by atoms with Gasteiger partial charge in [-0.15, -0.1) is 0 Å². The van der Waals surface area contributed by atoms with Gasteiger partial charge in [0.1, 0.15) is 17.0 Å². The predicted molar refractivity (Wildman–Crippen MR) is 118 cm³/mol. The number of hydrogen-bond acceptors (Lipinski definition) is 3. The molecule has 4 heteroatoms. The van der Waals surface area contributed by atoms with Crippen LogP contribution < -0.4 is 14.8 Å². The minimum atomic E-state index is -0.535. The topological polar surface area (TPSA) is 47.6 Å². The van der Waals surface area contributed by atoms with Crippen molar-refractivity contribution in [1.82, 2.24) is 5.32 Å². The van der Waals surface area contributed by atoms with Crippen molar-refractivity contribution in [3.05, 3.63) is 95.6 Å². The van der Waals surface area contributed by atoms with Crippen LogP contribution in [0, 0.1) is 5.92 Å². The molecule has 1 aliphatic heterocycles. The number of carbonyl (C=O) groups excluding carboxylic acids is 1. The Morgan fingerprint density at radius 2 is 1.33 bits per heavy atom. The fourth-order valence-electron chi connectivity index (χ4n) is 4.41. The Kier molecular flexibility index (Phi) is 5.75. The summed E-state index contributed by atoms with van der Waals surface area (Å²) in [6, 6.07) is 26.4. The largest absolute Gasteiger partial charge is 0.497 e. The molecule has 1 aliphatic rings. The van der Waals surface area contributed by atoms with Crippen molar-refractivity contribution in [2.24, 2.45) is 5.92 Å². The predicted octanol–water partition coefficient (Wildman–Crippen LogP) is 4.72. The molecule has 0 saturated carbocycles. The van der Waals surface area contributed by atoms with Gasteiger partial charge in [0.2, 0.25) is 5.91 Å². The van der Waals surface area contributed by atoms with Crippen LogP contribution in [0.25, 0.3) is 0 Å². The van der Waals surface area contributed by atoms with Crippen molar-refractivity contribution in [2.75, 3.05) is 14.2 Å². The van der Waals surface area contributed by atoms with Crippen LogP contribution in [0.15, 0.2) is 78.9 Å². The summed E-state index contributed by atoms with van der Waals surface area (Å²) in [4.78, 5) is 12.7. The van der Waals surface area contributed by atoms with Gasteiger partial charge in [-0.25, -0.2) is 0 Å². The first-order valence-corrected chi connectivity index (χ1v) is 10.3. The number of hydrogen-bond donors (Lipinski definition) is 1. The van der Waals surface area contributed by atoms with Gasteiger partial charge in [0.05, 0.1) is 20.1 Å². The maximum Gasteiger partial charge on any atom is 0.227 e. The summed E-state index contributed by atoms with van der Waals surface area (Å²) >= 11 is 0. The van der Waals surface area contributed by atoms with Crippen LogP contribution >= 0.6 is 0 Å². The average Bonchev–Trinajstić information content (AvgIpc) is 2.81. The third-order valence-electron chi connectivity index (χ3n) is 6.05. The molecule has 0 aliphatic carbocycles. The summed E-state index contributed by atoms with van der Waals surface area (Å²) in [5.41, 5.74) is 2.90. The van der Waals surface area contributed by atoms with Gasteiger partial charge >= 0.3 is 0 Å². The Bertz CT molecular complexity index is 934. The SMILES string of the molecule is COc1ccc(C2(c3ccc(OC)cc3)NC(=O)[C@H]2CCCc2ccccc2)cc1. The summed E-state index contributed by atoms with van der Waals surface area (Å²) in [6.45, 7) is 0. The second-order valence-electron chi connectivity index (χ2n) is 7.68. The highest BCUT2D eigenvalue weighted by molar-refractivity contribution is 5.90. The van der Waals surface area contributed by atoms with Gasteiger partial charge in [0, 0.05) is 0 Å². The summed E-state index contributed by atoms with van der Waals surface area (Å²) in [7, 11) is 3.32. The molecule has 4 rings (SSSR count). The molecule has 1 heterocycles. The third kappa shape index (κ3) is 3.65. The van der Waals surface area contributed by atoms with Crippen molar-refractivity contribution >= 4 is 5.91 Å². The molecule has 30 heavy (non-hydrogen) atoms. The van der Waals surface area contributed by atoms with E-state index in [0.717, 1.165) is 41.9 Å². The van der Waals surface area contributed by atoms with Crippen LogP contribution in [0.2, 0.25) is 0 Å². The Morgan fingerprint density at radius 1 is 0.800 bits per heavy atom. The van der Waals surface area contributed by atoms with E-state index in [1.165, 1.54) is 5.56 Å². The molecular weight excluding hydrogens is 374 g/mol. The van der Waals surface area contributed by atoms with Gasteiger partial charge in [-0.1, -0.05) is 54.6 Å². The summed E-state index contributed by atoms with van der Waals surface area (Å²) in [5, 5.41) is 3.24. The lowest BCUT2D eigenvalue weighted by molar-refractivity contribution is -0.140. The van der Waals surface area contributed by atoms with E-state index in [-0.39, 0.29) is 11.8 Å². The van der Waals surface area contributed by atoms with E-state index >= 15 is 0 Å². The number of β-lactam (4-membered cyclic amide) rings is 1. The van der Waals surface area contributed by atoms with Crippen molar-refractivity contribution in [3.63, 3.8) is 0 Å². The molecular formula is C26H27NO3. The number of amides is 1. The number of aryl methyl sites for hydroxylation is 1. The first-order valence-electron chi connectivity index (χ1n) is 10.3. The molecule has 0 unspecified atom stereocenters. The quantitative estimate of drug-likeness (QED) is 0.556. The lowest BCUT2D eigenvalue weighted by Crippen LogP contribution is -2.67. The van der Waals surface area contributed by atoms with Crippen LogP contribution in [-0.4, -0.2) is 20.1 Å². The number of ether oxygens (including phenoxy) is 2. The van der Waals surface area contributed by atoms with Crippen molar-refractivity contribution in [1.29, 1.82) is 0 Å². The minimum Gasteiger partial charge on any atom is -0.497 e. The van der Waals surface area contributed by atoms with Crippen molar-refractivity contribution in [2.45, 2.75) is 24.8 Å². The van der Waals surface area contributed by atoms with E-state index in [4.69, 9.17) is 9.47 Å². The first kappa shape index (κ1) is 20.0. The Balaban J connectivity index is 1.64. The molecule has 0 bridgehead atoms. The highest BCUT2D eigenvalue weighted by atomic mass is 16.5. The van der Waals surface area contributed by atoms with Crippen LogP contribution in [0.1, 0.15) is 29.5 Å². The molecule has 1 amide bonds. The van der Waals surface area contributed by atoms with Gasteiger partial charge in [-0.05, 0) is 60.2 Å². The molecule has 154 valence electrons. The third-order valence-corrected chi connectivity index (χ3v) is 6.05. The molecule has 1 saturated heterocycles. The van der Waals surface area contributed by atoms with Gasteiger partial charge in [0.15, 0.2) is 0 Å². The van der Waals surface area contributed by atoms with E-state index in [9.17, 15) is 4.79 Å². The zero-order valence-electron chi connectivity index (χ0n) is 17.4. The summed E-state index contributed by atoms with van der Waals surface area (Å²) < 4.78 is 10.7. The molecule has 4 nitrogen and oxygen atoms in total. The van der Waals surface area contributed by atoms with E-state index in [2.05, 4.69) is 29.6 Å². The van der Waals surface area contributed by atoms with E-state index in [0.29, 0.717) is 0 Å². The number of nitrogens with one attached hydrogen (secondary N) is 1. The van der Waals surface area contributed by atoms with Crippen molar-refractivity contribution < 1.29 is 14.3 Å². The Morgan fingerprint density at radius 3 is 1.80 bits per heavy atom. The van der Waals surface area contributed by atoms with Gasteiger partial charge in [-0.2, -0.15) is 0 Å². The molecule has 1 N–H and O–H groups in total. The number of carbonyl (C=O) groups is 1. The fourth-order valence-corrected chi connectivity index (χ4v) is 4.41. The number of benzene rings is 3. The monoisotopic (exact) mass is 401 g/mol. The van der Waals surface area contributed by atoms with Crippen LogP contribution in [-0.2, 0) is 16.8 Å². The highest BCUT2D eigenvalue weighted by Gasteiger charge is 2.54. The van der Waals surface area contributed by atoms with Crippen LogP contribution in [0.3, 0.4) is 0 Å². The lowest BCUT2D eigenvalue weighted by atomic mass is 9.65. The number of rotatable bonds is 8. The maximum atomic E-state index is 12.7. The zero-order valence-corrected chi connectivity index (χ0v) is 17.4. The standard InChI is InChI=1S/C26H27NO3/c1-29-22-15-11-20(12-16-22)26(21-13-17-23(30-2)18-14-21)24(25(28)27-26)10-6-9-19-7-4-3-5-8-19/h3-5,7-8,11-18,24H,6,9-10H2,1-2H3,(H,27,28)/t24-/m1/s1. The molecule has 3 aromatic carbocycles. The average molecular weight is 402 g/mol. The van der Waals surface area contributed by atoms with Gasteiger partial charge in [0.25, 0.3) is 0 Å². The molecule has 0 radical (unpaired) electrons. The Labute approximate surface area is 177 Å². The van der Waals surface area contributed by atoms with E-state index in [1.54, 1.807) is 14.2 Å². The molecule has 3 aromatic rings. The summed E-state index contributed by atoms with van der Waals surface area (Å²) in [6.07, 6.45) is 2.74. The second-order valence-corrected chi connectivity index (χ2v) is 7.68. The van der Waals surface area contributed by atoms with Crippen LogP contribution in [0.4, 0.5) is 0 Å². The summed E-state index contributed by atoms with van der Waals surface area (Å²) in [5.74, 6) is 1.59. The van der Waals surface area contributed by atoms with Gasteiger partial charge in [-0.3, -0.25) is 4.79 Å².